The van der Waals surface area contributed by atoms with Crippen molar-refractivity contribution >= 4 is 38.1 Å². The van der Waals surface area contributed by atoms with E-state index in [9.17, 15) is 9.18 Å². The smallest absolute Gasteiger partial charge is 0.150 e. The predicted molar refractivity (Wildman–Crippen MR) is 78.0 cm³/mol. The van der Waals surface area contributed by atoms with Crippen LogP contribution in [-0.2, 0) is 6.61 Å². The van der Waals surface area contributed by atoms with Gasteiger partial charge in [0.1, 0.15) is 24.5 Å². The summed E-state index contributed by atoms with van der Waals surface area (Å²) >= 11 is 6.68. The minimum atomic E-state index is -0.296. The molecular formula is C14H9Br2FO2. The van der Waals surface area contributed by atoms with Crippen LogP contribution in [0.1, 0.15) is 15.9 Å². The van der Waals surface area contributed by atoms with E-state index in [1.165, 1.54) is 12.1 Å². The first-order valence-corrected chi connectivity index (χ1v) is 7.00. The largest absolute Gasteiger partial charge is 0.487 e. The third-order valence-electron chi connectivity index (χ3n) is 2.43. The Balaban J connectivity index is 2.18. The second-order valence-electron chi connectivity index (χ2n) is 3.85. The topological polar surface area (TPSA) is 26.3 Å². The van der Waals surface area contributed by atoms with Crippen LogP contribution in [0.3, 0.4) is 0 Å². The van der Waals surface area contributed by atoms with Gasteiger partial charge in [0.2, 0.25) is 0 Å². The molecule has 0 aliphatic heterocycles. The normalized spacial score (nSPS) is 10.3. The molecule has 0 unspecified atom stereocenters. The lowest BCUT2D eigenvalue weighted by atomic mass is 10.2. The van der Waals surface area contributed by atoms with Crippen molar-refractivity contribution in [2.45, 2.75) is 6.61 Å². The Hall–Kier alpha value is -1.20. The quantitative estimate of drug-likeness (QED) is 0.708. The van der Waals surface area contributed by atoms with E-state index in [4.69, 9.17) is 4.74 Å². The van der Waals surface area contributed by atoms with Gasteiger partial charge in [0.15, 0.2) is 0 Å². The van der Waals surface area contributed by atoms with Crippen LogP contribution in [0.15, 0.2) is 45.3 Å². The number of ether oxygens (including phenoxy) is 1. The number of carbonyl (C=O) groups excluding carboxylic acids is 1. The van der Waals surface area contributed by atoms with Gasteiger partial charge in [0, 0.05) is 5.56 Å². The average molecular weight is 388 g/mol. The zero-order chi connectivity index (χ0) is 13.8. The first kappa shape index (κ1) is 14.2. The van der Waals surface area contributed by atoms with Gasteiger partial charge < -0.3 is 4.74 Å². The minimum Gasteiger partial charge on any atom is -0.487 e. The fraction of sp³-hybridized carbons (Fsp3) is 0.0714. The Morgan fingerprint density at radius 1 is 1.16 bits per heavy atom. The zero-order valence-electron chi connectivity index (χ0n) is 9.70. The van der Waals surface area contributed by atoms with Gasteiger partial charge in [-0.1, -0.05) is 12.1 Å². The summed E-state index contributed by atoms with van der Waals surface area (Å²) in [6.45, 7) is 0.245. The molecule has 0 fully saturated rings. The van der Waals surface area contributed by atoms with Gasteiger partial charge >= 0.3 is 0 Å². The van der Waals surface area contributed by atoms with Crippen LogP contribution < -0.4 is 4.74 Å². The first-order valence-electron chi connectivity index (χ1n) is 5.41. The summed E-state index contributed by atoms with van der Waals surface area (Å²) < 4.78 is 20.0. The van der Waals surface area contributed by atoms with Crippen LogP contribution in [0.4, 0.5) is 4.39 Å². The molecule has 0 spiro atoms. The lowest BCUT2D eigenvalue weighted by Crippen LogP contribution is -1.98. The highest BCUT2D eigenvalue weighted by molar-refractivity contribution is 9.11. The monoisotopic (exact) mass is 386 g/mol. The molecule has 2 aromatic carbocycles. The molecule has 0 aliphatic rings. The number of rotatable bonds is 4. The second kappa shape index (κ2) is 6.30. The average Bonchev–Trinajstić information content (AvgIpc) is 2.37. The summed E-state index contributed by atoms with van der Waals surface area (Å²) in [4.78, 5) is 10.7. The second-order valence-corrected chi connectivity index (χ2v) is 5.56. The van der Waals surface area contributed by atoms with Crippen LogP contribution in [-0.4, -0.2) is 6.29 Å². The molecule has 0 radical (unpaired) electrons. The van der Waals surface area contributed by atoms with E-state index in [0.29, 0.717) is 20.3 Å². The Kier molecular flexibility index (Phi) is 4.71. The van der Waals surface area contributed by atoms with Crippen LogP contribution in [0.5, 0.6) is 5.75 Å². The van der Waals surface area contributed by atoms with Gasteiger partial charge in [0.25, 0.3) is 0 Å². The van der Waals surface area contributed by atoms with Gasteiger partial charge in [0.05, 0.1) is 8.95 Å². The molecule has 0 saturated carbocycles. The van der Waals surface area contributed by atoms with Gasteiger partial charge in [-0.15, -0.1) is 0 Å². The molecule has 2 rings (SSSR count). The molecule has 5 heteroatoms. The maximum Gasteiger partial charge on any atom is 0.150 e. The number of hydrogen-bond acceptors (Lipinski definition) is 2. The molecule has 0 aliphatic carbocycles. The fourth-order valence-corrected chi connectivity index (χ4v) is 3.02. The van der Waals surface area contributed by atoms with E-state index in [1.807, 2.05) is 0 Å². The number of hydrogen-bond donors (Lipinski definition) is 0. The number of aldehydes is 1. The van der Waals surface area contributed by atoms with Crippen molar-refractivity contribution in [3.05, 3.63) is 62.3 Å². The molecule has 0 bridgehead atoms. The Morgan fingerprint density at radius 3 is 2.42 bits per heavy atom. The maximum absolute atomic E-state index is 13.0. The Morgan fingerprint density at radius 2 is 1.84 bits per heavy atom. The molecule has 0 atom stereocenters. The van der Waals surface area contributed by atoms with Crippen molar-refractivity contribution in [1.29, 1.82) is 0 Å². The van der Waals surface area contributed by atoms with E-state index >= 15 is 0 Å². The minimum absolute atomic E-state index is 0.245. The standard InChI is InChI=1S/C14H9Br2FO2/c15-12-5-10(7-18)6-13(16)14(12)19-8-9-2-1-3-11(17)4-9/h1-7H,8H2. The summed E-state index contributed by atoms with van der Waals surface area (Å²) in [5, 5.41) is 0. The van der Waals surface area contributed by atoms with Crippen LogP contribution >= 0.6 is 31.9 Å². The molecule has 2 nitrogen and oxygen atoms in total. The van der Waals surface area contributed by atoms with Gasteiger partial charge in [-0.25, -0.2) is 4.39 Å². The van der Waals surface area contributed by atoms with E-state index in [0.717, 1.165) is 11.8 Å². The summed E-state index contributed by atoms with van der Waals surface area (Å²) in [7, 11) is 0. The van der Waals surface area contributed by atoms with Crippen LogP contribution in [0.2, 0.25) is 0 Å². The van der Waals surface area contributed by atoms with E-state index < -0.39 is 0 Å². The summed E-state index contributed by atoms with van der Waals surface area (Å²) in [6, 6.07) is 9.55. The molecule has 98 valence electrons. The Labute approximate surface area is 126 Å². The Bertz CT molecular complexity index is 591. The van der Waals surface area contributed by atoms with E-state index in [2.05, 4.69) is 31.9 Å². The third kappa shape index (κ3) is 3.64. The molecular weight excluding hydrogens is 379 g/mol. The van der Waals surface area contributed by atoms with Crippen molar-refractivity contribution in [1.82, 2.24) is 0 Å². The lowest BCUT2D eigenvalue weighted by molar-refractivity contribution is 0.112. The molecule has 0 heterocycles. The summed E-state index contributed by atoms with van der Waals surface area (Å²) in [5.74, 6) is 0.283. The SMILES string of the molecule is O=Cc1cc(Br)c(OCc2cccc(F)c2)c(Br)c1. The van der Waals surface area contributed by atoms with Gasteiger partial charge in [-0.2, -0.15) is 0 Å². The maximum atomic E-state index is 13.0. The highest BCUT2D eigenvalue weighted by Gasteiger charge is 2.09. The summed E-state index contributed by atoms with van der Waals surface area (Å²) in [6.07, 6.45) is 0.756. The zero-order valence-corrected chi connectivity index (χ0v) is 12.9. The molecule has 0 amide bonds. The van der Waals surface area contributed by atoms with Gasteiger partial charge in [-0.3, -0.25) is 4.79 Å². The number of carbonyl (C=O) groups is 1. The fourth-order valence-electron chi connectivity index (χ4n) is 1.57. The van der Waals surface area contributed by atoms with Crippen molar-refractivity contribution in [2.24, 2.45) is 0 Å². The lowest BCUT2D eigenvalue weighted by Gasteiger charge is -2.11. The van der Waals surface area contributed by atoms with Crippen LogP contribution in [0.25, 0.3) is 0 Å². The highest BCUT2D eigenvalue weighted by atomic mass is 79.9. The first-order chi connectivity index (χ1) is 9.10. The third-order valence-corrected chi connectivity index (χ3v) is 3.61. The van der Waals surface area contributed by atoms with Crippen molar-refractivity contribution in [3.63, 3.8) is 0 Å². The highest BCUT2D eigenvalue weighted by Crippen LogP contribution is 2.34. The number of benzene rings is 2. The van der Waals surface area contributed by atoms with E-state index in [1.54, 1.807) is 24.3 Å². The van der Waals surface area contributed by atoms with Crippen LogP contribution in [0, 0.1) is 5.82 Å². The molecule has 0 N–H and O–H groups in total. The van der Waals surface area contributed by atoms with Crippen molar-refractivity contribution in [3.8, 4) is 5.75 Å². The summed E-state index contributed by atoms with van der Waals surface area (Å²) in [5.41, 5.74) is 1.27. The van der Waals surface area contributed by atoms with Crippen molar-refractivity contribution in [2.75, 3.05) is 0 Å². The molecule has 2 aromatic rings. The molecule has 0 saturated heterocycles. The molecule has 0 aromatic heterocycles. The predicted octanol–water partition coefficient (Wildman–Crippen LogP) is 4.74. The number of halogens is 3. The van der Waals surface area contributed by atoms with Crippen molar-refractivity contribution < 1.29 is 13.9 Å². The van der Waals surface area contributed by atoms with Gasteiger partial charge in [-0.05, 0) is 61.7 Å². The molecule has 19 heavy (non-hydrogen) atoms. The van der Waals surface area contributed by atoms with E-state index in [-0.39, 0.29) is 12.4 Å².